The quantitative estimate of drug-likeness (QED) is 0.274. The third-order valence-corrected chi connectivity index (χ3v) is 14.9. The lowest BCUT2D eigenvalue weighted by molar-refractivity contribution is -0.174. The van der Waals surface area contributed by atoms with E-state index in [9.17, 15) is 10.2 Å². The average Bonchev–Trinajstić information content (AvgIpc) is 3.38. The number of fused-ring (bicyclic) bond motifs is 2. The molecule has 4 fully saturated rings. The molecule has 3 saturated carbocycles. The van der Waals surface area contributed by atoms with Crippen molar-refractivity contribution in [3.05, 3.63) is 84.0 Å². The van der Waals surface area contributed by atoms with Gasteiger partial charge in [-0.3, -0.25) is 9.79 Å². The van der Waals surface area contributed by atoms with Crippen molar-refractivity contribution in [2.24, 2.45) is 38.5 Å². The molecule has 2 N–H and O–H groups in total. The third-order valence-electron chi connectivity index (χ3n) is 14.9. The van der Waals surface area contributed by atoms with E-state index in [1.165, 1.54) is 0 Å². The van der Waals surface area contributed by atoms with Gasteiger partial charge in [-0.1, -0.05) is 86.7 Å². The van der Waals surface area contributed by atoms with Gasteiger partial charge in [0.25, 0.3) is 0 Å². The number of hydrogen-bond donors (Lipinski definition) is 2. The maximum Gasteiger partial charge on any atom is 0.196 e. The molecule has 8 unspecified atom stereocenters. The molecule has 2 spiro atoms. The molecule has 48 heavy (non-hydrogen) atoms. The van der Waals surface area contributed by atoms with Crippen LogP contribution < -0.4 is 0 Å². The Labute approximate surface area is 285 Å². The van der Waals surface area contributed by atoms with Gasteiger partial charge < -0.3 is 20.0 Å². The van der Waals surface area contributed by atoms with Crippen molar-refractivity contribution >= 4 is 11.7 Å². The number of allylic oxidation sites excluding steroid dienone is 4. The number of carbonyl (C=O) groups excluding carboxylic acids is 1. The van der Waals surface area contributed by atoms with Crippen molar-refractivity contribution in [3.8, 4) is 11.1 Å². The molecule has 8 atom stereocenters. The van der Waals surface area contributed by atoms with Gasteiger partial charge in [0.15, 0.2) is 11.7 Å². The van der Waals surface area contributed by atoms with Crippen LogP contribution >= 0.6 is 0 Å². The smallest absolute Gasteiger partial charge is 0.196 e. The van der Waals surface area contributed by atoms with Crippen LogP contribution in [-0.4, -0.2) is 76.2 Å². The molecule has 2 heterocycles. The van der Waals surface area contributed by atoms with Crippen LogP contribution in [0.5, 0.6) is 0 Å². The Morgan fingerprint density at radius 3 is 2.46 bits per heavy atom. The topological polar surface area (TPSA) is 76.4 Å². The number of aliphatic hydroxyl groups excluding tert-OH is 1. The zero-order valence-corrected chi connectivity index (χ0v) is 28.7. The van der Waals surface area contributed by atoms with E-state index in [2.05, 4.69) is 60.1 Å². The number of β-amino-alcohol motifs (C(OH)–C–C–N with tert-alkyl or cyclic N) is 1. The van der Waals surface area contributed by atoms with E-state index < -0.39 is 11.0 Å². The molecule has 8 aliphatic rings. The number of ketones is 1. The van der Waals surface area contributed by atoms with E-state index in [-0.39, 0.29) is 40.0 Å². The van der Waals surface area contributed by atoms with Crippen LogP contribution in [0.2, 0.25) is 0 Å². The number of Topliss-reactive ketones (excluding diaryl/α,β-unsaturated/α-hetero) is 1. The van der Waals surface area contributed by atoms with E-state index in [0.29, 0.717) is 13.0 Å². The van der Waals surface area contributed by atoms with Crippen LogP contribution in [0.3, 0.4) is 0 Å². The van der Waals surface area contributed by atoms with Gasteiger partial charge in [0.1, 0.15) is 0 Å². The highest BCUT2D eigenvalue weighted by Gasteiger charge is 2.74. The summed E-state index contributed by atoms with van der Waals surface area (Å²) in [5, 5.41) is 24.1. The summed E-state index contributed by atoms with van der Waals surface area (Å²) in [7, 11) is 0. The second-order valence-electron chi connectivity index (χ2n) is 16.8. The molecular formula is C42H51N3O3. The molecule has 0 amide bonds. The van der Waals surface area contributed by atoms with Crippen molar-refractivity contribution in [2.75, 3.05) is 32.7 Å². The molecule has 2 aliphatic heterocycles. The normalized spacial score (nSPS) is 41.1. The van der Waals surface area contributed by atoms with Crippen LogP contribution in [0.15, 0.2) is 83.4 Å². The first-order valence-corrected chi connectivity index (χ1v) is 18.7. The first-order chi connectivity index (χ1) is 23.1. The van der Waals surface area contributed by atoms with Crippen LogP contribution in [0.1, 0.15) is 82.0 Å². The van der Waals surface area contributed by atoms with E-state index in [0.717, 1.165) is 106 Å². The second kappa shape index (κ2) is 10.6. The average molecular weight is 646 g/mol. The Bertz CT molecular complexity index is 1730. The van der Waals surface area contributed by atoms with Crippen molar-refractivity contribution in [3.63, 3.8) is 0 Å². The number of guanidine groups is 1. The van der Waals surface area contributed by atoms with Crippen molar-refractivity contribution in [1.82, 2.24) is 9.80 Å². The van der Waals surface area contributed by atoms with Crippen LogP contribution in [0.4, 0.5) is 0 Å². The summed E-state index contributed by atoms with van der Waals surface area (Å²) in [6.07, 6.45) is 15.0. The van der Waals surface area contributed by atoms with Gasteiger partial charge in [-0.2, -0.15) is 0 Å². The Kier molecular flexibility index (Phi) is 6.83. The molecule has 1 saturated heterocycles. The number of aliphatic hydroxyl groups is 2. The van der Waals surface area contributed by atoms with Gasteiger partial charge in [0.05, 0.1) is 18.2 Å². The number of carbonyl (C=O) groups is 1. The Morgan fingerprint density at radius 2 is 1.60 bits per heavy atom. The van der Waals surface area contributed by atoms with Crippen molar-refractivity contribution in [1.29, 1.82) is 0 Å². The Hall–Kier alpha value is -3.22. The minimum absolute atomic E-state index is 0.0457. The van der Waals surface area contributed by atoms with E-state index in [4.69, 9.17) is 4.99 Å². The predicted molar refractivity (Wildman–Crippen MR) is 189 cm³/mol. The fourth-order valence-electron chi connectivity index (χ4n) is 12.5. The molecule has 2 aromatic rings. The Morgan fingerprint density at radius 1 is 0.875 bits per heavy atom. The van der Waals surface area contributed by atoms with E-state index >= 15 is 4.79 Å². The molecule has 252 valence electrons. The molecule has 2 aromatic carbocycles. The van der Waals surface area contributed by atoms with Crippen LogP contribution in [-0.2, 0) is 0 Å². The minimum Gasteiger partial charge on any atom is -0.393 e. The van der Waals surface area contributed by atoms with Gasteiger partial charge >= 0.3 is 0 Å². The molecule has 6 aliphatic carbocycles. The third kappa shape index (κ3) is 3.99. The standard InChI is InChI=1S/C42H51N3O3/c1-38-17-14-30(46)26-40(38)20-21-42(33(27-40)36(47)32-13-7-6-12-31(32)29-10-4-3-5-11-29)34(38)15-18-39(2)35(42)16-19-41(39,48)28-45-25-9-24-44-23-8-22-43-37(44)45/h3-7,10-13,20-21,27,30,34-35,46,48H,8-9,14-19,22-26,28H2,1-2H3. The fraction of sp³-hybridized carbons (Fsp3) is 0.571. The van der Waals surface area contributed by atoms with Gasteiger partial charge in [0.2, 0.25) is 0 Å². The lowest BCUT2D eigenvalue weighted by atomic mass is 9.32. The summed E-state index contributed by atoms with van der Waals surface area (Å²) in [6, 6.07) is 18.4. The van der Waals surface area contributed by atoms with Gasteiger partial charge in [-0.15, -0.1) is 0 Å². The molecule has 6 heteroatoms. The monoisotopic (exact) mass is 645 g/mol. The van der Waals surface area contributed by atoms with E-state index in [1.54, 1.807) is 0 Å². The largest absolute Gasteiger partial charge is 0.393 e. The molecular weight excluding hydrogens is 594 g/mol. The van der Waals surface area contributed by atoms with Crippen molar-refractivity contribution in [2.45, 2.75) is 83.3 Å². The zero-order chi connectivity index (χ0) is 32.9. The summed E-state index contributed by atoms with van der Waals surface area (Å²) in [4.78, 5) is 25.1. The van der Waals surface area contributed by atoms with E-state index in [1.807, 2.05) is 36.4 Å². The summed E-state index contributed by atoms with van der Waals surface area (Å²) >= 11 is 0. The Balaban J connectivity index is 1.17. The van der Waals surface area contributed by atoms with Crippen LogP contribution in [0, 0.1) is 33.5 Å². The summed E-state index contributed by atoms with van der Waals surface area (Å²) < 4.78 is 0. The fourth-order valence-corrected chi connectivity index (χ4v) is 12.5. The second-order valence-corrected chi connectivity index (χ2v) is 16.8. The van der Waals surface area contributed by atoms with Crippen LogP contribution in [0.25, 0.3) is 11.1 Å². The number of nitrogens with zero attached hydrogens (tertiary/aromatic N) is 3. The molecule has 6 nitrogen and oxygen atoms in total. The van der Waals surface area contributed by atoms with Crippen molar-refractivity contribution < 1.29 is 15.0 Å². The lowest BCUT2D eigenvalue weighted by Gasteiger charge is -2.71. The summed E-state index contributed by atoms with van der Waals surface area (Å²) in [5.74, 6) is 1.62. The zero-order valence-electron chi connectivity index (χ0n) is 28.7. The molecule has 0 radical (unpaired) electrons. The highest BCUT2D eigenvalue weighted by molar-refractivity contribution is 6.14. The molecule has 10 rings (SSSR count). The first-order valence-electron chi connectivity index (χ1n) is 18.7. The van der Waals surface area contributed by atoms with Gasteiger partial charge in [0, 0.05) is 53.6 Å². The summed E-state index contributed by atoms with van der Waals surface area (Å²) in [6.45, 7) is 9.35. The molecule has 2 bridgehead atoms. The summed E-state index contributed by atoms with van der Waals surface area (Å²) in [5.41, 5.74) is 1.61. The highest BCUT2D eigenvalue weighted by atomic mass is 16.3. The van der Waals surface area contributed by atoms with Gasteiger partial charge in [-0.25, -0.2) is 0 Å². The minimum atomic E-state index is -0.875. The maximum atomic E-state index is 15.4. The predicted octanol–water partition coefficient (Wildman–Crippen LogP) is 6.89. The maximum absolute atomic E-state index is 15.4. The molecule has 0 aromatic heterocycles. The van der Waals surface area contributed by atoms with Gasteiger partial charge in [-0.05, 0) is 86.2 Å². The number of hydrogen-bond acceptors (Lipinski definition) is 6. The highest BCUT2D eigenvalue weighted by Crippen LogP contribution is 2.78. The lowest BCUT2D eigenvalue weighted by Crippen LogP contribution is -2.68. The number of benzene rings is 2. The first kappa shape index (κ1) is 30.8. The number of aliphatic imine (C=N–C) groups is 1. The number of rotatable bonds is 5. The SMILES string of the molecule is CC12CCC(O)CC13C=CC1(C(C(=O)c4ccccc4-c4ccccc4)=C3)C2CCC2(C)C1CCC2(O)CN1CCCN2CCCN=C21.